The number of carbonyl (C=O) groups is 2. The Morgan fingerprint density at radius 2 is 1.88 bits per heavy atom. The topological polar surface area (TPSA) is 55.8 Å². The Morgan fingerprint density at radius 1 is 1.27 bits per heavy atom. The van der Waals surface area contributed by atoms with Crippen molar-refractivity contribution in [2.75, 3.05) is 6.61 Å². The van der Waals surface area contributed by atoms with Crippen LogP contribution in [-0.2, 0) is 14.3 Å². The van der Waals surface area contributed by atoms with Crippen molar-refractivity contribution in [2.45, 2.75) is 71.6 Å². The first-order valence-corrected chi connectivity index (χ1v) is 9.38. The minimum Gasteiger partial charge on any atom is -0.443 e. The number of carbonyl (C=O) groups excluding carboxylic acids is 2. The summed E-state index contributed by atoms with van der Waals surface area (Å²) >= 11 is 0. The smallest absolute Gasteiger partial charge is 0.417 e. The maximum Gasteiger partial charge on any atom is 0.417 e. The Balaban J connectivity index is 2.29. The summed E-state index contributed by atoms with van der Waals surface area (Å²) in [4.78, 5) is 27.3. The molecule has 1 saturated heterocycles. The van der Waals surface area contributed by atoms with Gasteiger partial charge in [-0.15, -0.1) is 0 Å². The lowest BCUT2D eigenvalue weighted by Gasteiger charge is -2.42. The predicted octanol–water partition coefficient (Wildman–Crippen LogP) is 4.37. The van der Waals surface area contributed by atoms with Crippen molar-refractivity contribution in [1.82, 2.24) is 4.90 Å². The van der Waals surface area contributed by atoms with Crippen LogP contribution >= 0.6 is 0 Å². The van der Waals surface area contributed by atoms with Gasteiger partial charge < -0.3 is 9.47 Å². The van der Waals surface area contributed by atoms with Gasteiger partial charge in [0.1, 0.15) is 11.7 Å². The number of hydrogen-bond acceptors (Lipinski definition) is 4. The standard InChI is InChI=1S/C21H31NO4/c1-7-14(2)17-13-25-18(15(3)16-11-9-8-10-12-16)19(23)22(17)20(24)26-21(4,5)6/h8-12,14-15,17-18H,7,13H2,1-6H3/t14-,15?,17+,18-/m0/s1. The molecule has 1 aromatic rings. The monoisotopic (exact) mass is 361 g/mol. The van der Waals surface area contributed by atoms with Crippen LogP contribution in [0.5, 0.6) is 0 Å². The highest BCUT2D eigenvalue weighted by atomic mass is 16.6. The van der Waals surface area contributed by atoms with Crippen molar-refractivity contribution in [3.05, 3.63) is 35.9 Å². The van der Waals surface area contributed by atoms with E-state index < -0.39 is 17.8 Å². The van der Waals surface area contributed by atoms with E-state index in [9.17, 15) is 9.59 Å². The second-order valence-corrected chi connectivity index (χ2v) is 8.09. The van der Waals surface area contributed by atoms with Gasteiger partial charge in [0.05, 0.1) is 12.6 Å². The molecule has 0 radical (unpaired) electrons. The van der Waals surface area contributed by atoms with Crippen molar-refractivity contribution >= 4 is 12.0 Å². The van der Waals surface area contributed by atoms with Gasteiger partial charge in [-0.1, -0.05) is 57.5 Å². The first-order valence-electron chi connectivity index (χ1n) is 9.38. The molecular formula is C21H31NO4. The molecule has 0 aromatic heterocycles. The lowest BCUT2D eigenvalue weighted by molar-refractivity contribution is -0.161. The number of morpholine rings is 1. The van der Waals surface area contributed by atoms with Crippen molar-refractivity contribution in [1.29, 1.82) is 0 Å². The molecule has 1 aliphatic heterocycles. The van der Waals surface area contributed by atoms with E-state index in [1.807, 2.05) is 51.1 Å². The van der Waals surface area contributed by atoms with Crippen molar-refractivity contribution in [3.8, 4) is 0 Å². The molecule has 0 aliphatic carbocycles. The van der Waals surface area contributed by atoms with E-state index in [1.165, 1.54) is 4.90 Å². The fraction of sp³-hybridized carbons (Fsp3) is 0.619. The summed E-state index contributed by atoms with van der Waals surface area (Å²) in [6.45, 7) is 11.8. The van der Waals surface area contributed by atoms with Crippen LogP contribution in [-0.4, -0.2) is 41.3 Å². The Bertz CT molecular complexity index is 623. The Kier molecular flexibility index (Phi) is 6.45. The molecule has 5 heteroatoms. The summed E-state index contributed by atoms with van der Waals surface area (Å²) in [5.74, 6) is -0.321. The number of amides is 2. The molecule has 5 nitrogen and oxygen atoms in total. The molecule has 26 heavy (non-hydrogen) atoms. The summed E-state index contributed by atoms with van der Waals surface area (Å²) in [7, 11) is 0. The van der Waals surface area contributed by atoms with Crippen LogP contribution in [0.4, 0.5) is 4.79 Å². The fourth-order valence-electron chi connectivity index (χ4n) is 3.17. The molecule has 144 valence electrons. The van der Waals surface area contributed by atoms with Gasteiger partial charge in [-0.05, 0) is 32.3 Å². The average Bonchev–Trinajstić information content (AvgIpc) is 2.59. The predicted molar refractivity (Wildman–Crippen MR) is 101 cm³/mol. The maximum atomic E-state index is 13.2. The quantitative estimate of drug-likeness (QED) is 0.799. The number of hydrogen-bond donors (Lipinski definition) is 0. The van der Waals surface area contributed by atoms with Gasteiger partial charge >= 0.3 is 6.09 Å². The molecule has 0 bridgehead atoms. The first kappa shape index (κ1) is 20.4. The first-order chi connectivity index (χ1) is 12.2. The lowest BCUT2D eigenvalue weighted by Crippen LogP contribution is -2.60. The van der Waals surface area contributed by atoms with E-state index in [-0.39, 0.29) is 23.8 Å². The zero-order valence-corrected chi connectivity index (χ0v) is 16.7. The minimum absolute atomic E-state index is 0.138. The number of imide groups is 1. The third kappa shape index (κ3) is 4.64. The molecule has 2 amide bonds. The highest BCUT2D eigenvalue weighted by molar-refractivity contribution is 5.96. The molecule has 1 aromatic carbocycles. The Morgan fingerprint density at radius 3 is 2.42 bits per heavy atom. The summed E-state index contributed by atoms with van der Waals surface area (Å²) < 4.78 is 11.5. The van der Waals surface area contributed by atoms with Crippen molar-refractivity contribution < 1.29 is 19.1 Å². The van der Waals surface area contributed by atoms with Crippen LogP contribution < -0.4 is 0 Å². The maximum absolute atomic E-state index is 13.2. The normalized spacial score (nSPS) is 23.5. The van der Waals surface area contributed by atoms with E-state index in [1.54, 1.807) is 20.8 Å². The summed E-state index contributed by atoms with van der Waals surface area (Å²) in [5.41, 5.74) is 0.355. The van der Waals surface area contributed by atoms with Crippen LogP contribution in [0.25, 0.3) is 0 Å². The van der Waals surface area contributed by atoms with E-state index in [4.69, 9.17) is 9.47 Å². The van der Waals surface area contributed by atoms with Crippen molar-refractivity contribution in [3.63, 3.8) is 0 Å². The van der Waals surface area contributed by atoms with Crippen LogP contribution in [0.3, 0.4) is 0 Å². The second kappa shape index (κ2) is 8.21. The lowest BCUT2D eigenvalue weighted by atomic mass is 9.90. The average molecular weight is 361 g/mol. The van der Waals surface area contributed by atoms with Gasteiger partial charge in [-0.25, -0.2) is 9.69 Å². The molecular weight excluding hydrogens is 330 g/mol. The third-order valence-corrected chi connectivity index (χ3v) is 4.93. The minimum atomic E-state index is -0.690. The molecule has 1 heterocycles. The zero-order valence-electron chi connectivity index (χ0n) is 16.7. The van der Waals surface area contributed by atoms with E-state index >= 15 is 0 Å². The third-order valence-electron chi connectivity index (χ3n) is 4.93. The number of ether oxygens (including phenoxy) is 2. The molecule has 1 fully saturated rings. The molecule has 2 rings (SSSR count). The van der Waals surface area contributed by atoms with Crippen LogP contribution in [0.15, 0.2) is 30.3 Å². The van der Waals surface area contributed by atoms with Gasteiger partial charge in [-0.2, -0.15) is 0 Å². The second-order valence-electron chi connectivity index (χ2n) is 8.09. The van der Waals surface area contributed by atoms with Crippen LogP contribution in [0.2, 0.25) is 0 Å². The number of benzene rings is 1. The molecule has 1 aliphatic rings. The SMILES string of the molecule is CC[C@H](C)[C@H]1CO[C@@H](C(C)c2ccccc2)C(=O)N1C(=O)OC(C)(C)C. The fourth-order valence-corrected chi connectivity index (χ4v) is 3.17. The Labute approximate surface area is 156 Å². The van der Waals surface area contributed by atoms with Gasteiger partial charge in [0.2, 0.25) is 0 Å². The highest BCUT2D eigenvalue weighted by Gasteiger charge is 2.45. The largest absolute Gasteiger partial charge is 0.443 e. The van der Waals surface area contributed by atoms with E-state index in [2.05, 4.69) is 0 Å². The van der Waals surface area contributed by atoms with E-state index in [0.29, 0.717) is 6.61 Å². The van der Waals surface area contributed by atoms with Gasteiger partial charge in [-0.3, -0.25) is 4.79 Å². The van der Waals surface area contributed by atoms with Gasteiger partial charge in [0, 0.05) is 5.92 Å². The number of nitrogens with zero attached hydrogens (tertiary/aromatic N) is 1. The number of rotatable bonds is 4. The summed E-state index contributed by atoms with van der Waals surface area (Å²) in [5, 5.41) is 0. The zero-order chi connectivity index (χ0) is 19.5. The highest BCUT2D eigenvalue weighted by Crippen LogP contribution is 2.30. The van der Waals surface area contributed by atoms with Gasteiger partial charge in [0.25, 0.3) is 5.91 Å². The molecule has 0 N–H and O–H groups in total. The summed E-state index contributed by atoms with van der Waals surface area (Å²) in [6, 6.07) is 9.45. The van der Waals surface area contributed by atoms with Crippen LogP contribution in [0.1, 0.15) is 59.4 Å². The van der Waals surface area contributed by atoms with Gasteiger partial charge in [0.15, 0.2) is 0 Å². The van der Waals surface area contributed by atoms with Crippen LogP contribution in [0, 0.1) is 5.92 Å². The molecule has 1 unspecified atom stereocenters. The Hall–Kier alpha value is -1.88. The summed E-state index contributed by atoms with van der Waals surface area (Å²) in [6.07, 6.45) is -0.425. The van der Waals surface area contributed by atoms with Crippen molar-refractivity contribution in [2.24, 2.45) is 5.92 Å². The molecule has 0 saturated carbocycles. The van der Waals surface area contributed by atoms with E-state index in [0.717, 1.165) is 12.0 Å². The molecule has 4 atom stereocenters. The molecule has 0 spiro atoms.